The average molecular weight is 199 g/mol. The Morgan fingerprint density at radius 3 is 2.93 bits per heavy atom. The number of nitrogens with zero attached hydrogens (tertiary/aromatic N) is 2. The van der Waals surface area contributed by atoms with Gasteiger partial charge in [-0.2, -0.15) is 0 Å². The van der Waals surface area contributed by atoms with Gasteiger partial charge in [-0.05, 0) is 19.4 Å². The quantitative estimate of drug-likeness (QED) is 0.617. The summed E-state index contributed by atoms with van der Waals surface area (Å²) in [5, 5.41) is 9.30. The molecule has 4 heteroatoms. The van der Waals surface area contributed by atoms with E-state index in [9.17, 15) is 5.11 Å². The molecule has 2 aliphatic heterocycles. The average Bonchev–Trinajstić information content (AvgIpc) is 2.64. The van der Waals surface area contributed by atoms with Crippen molar-refractivity contribution in [2.24, 2.45) is 5.73 Å². The number of hydrogen-bond acceptors (Lipinski definition) is 4. The van der Waals surface area contributed by atoms with E-state index in [1.54, 1.807) is 0 Å². The lowest BCUT2D eigenvalue weighted by Gasteiger charge is -2.42. The first kappa shape index (κ1) is 10.4. The predicted octanol–water partition coefficient (Wildman–Crippen LogP) is -0.914. The zero-order chi connectivity index (χ0) is 9.97. The molecule has 2 rings (SSSR count). The fourth-order valence-electron chi connectivity index (χ4n) is 2.76. The minimum atomic E-state index is 0.267. The molecule has 0 spiro atoms. The number of aliphatic hydroxyl groups is 1. The number of piperazine rings is 1. The van der Waals surface area contributed by atoms with Crippen LogP contribution in [0.5, 0.6) is 0 Å². The summed E-state index contributed by atoms with van der Waals surface area (Å²) in [7, 11) is 0. The summed E-state index contributed by atoms with van der Waals surface area (Å²) in [5.74, 6) is 0. The summed E-state index contributed by atoms with van der Waals surface area (Å²) in [6.45, 7) is 5.24. The van der Waals surface area contributed by atoms with Gasteiger partial charge in [-0.3, -0.25) is 9.80 Å². The molecule has 2 unspecified atom stereocenters. The lowest BCUT2D eigenvalue weighted by Crippen LogP contribution is -2.58. The summed E-state index contributed by atoms with van der Waals surface area (Å²) in [4.78, 5) is 4.88. The third-order valence-corrected chi connectivity index (χ3v) is 3.53. The Morgan fingerprint density at radius 1 is 1.36 bits per heavy atom. The first-order valence-corrected chi connectivity index (χ1v) is 5.64. The summed E-state index contributed by atoms with van der Waals surface area (Å²) in [6.07, 6.45) is 2.64. The highest BCUT2D eigenvalue weighted by atomic mass is 16.3. The molecule has 0 aromatic rings. The van der Waals surface area contributed by atoms with Gasteiger partial charge < -0.3 is 10.8 Å². The molecule has 0 aromatic carbocycles. The van der Waals surface area contributed by atoms with Crippen molar-refractivity contribution < 1.29 is 5.11 Å². The second kappa shape index (κ2) is 4.57. The van der Waals surface area contributed by atoms with Crippen molar-refractivity contribution in [3.63, 3.8) is 0 Å². The zero-order valence-electron chi connectivity index (χ0n) is 8.73. The van der Waals surface area contributed by atoms with Crippen LogP contribution in [-0.2, 0) is 0 Å². The van der Waals surface area contributed by atoms with Gasteiger partial charge in [-0.15, -0.1) is 0 Å². The molecule has 3 N–H and O–H groups in total. The van der Waals surface area contributed by atoms with E-state index in [1.807, 2.05) is 0 Å². The maximum absolute atomic E-state index is 9.30. The smallest absolute Gasteiger partial charge is 0.0599 e. The highest BCUT2D eigenvalue weighted by Crippen LogP contribution is 2.24. The fourth-order valence-corrected chi connectivity index (χ4v) is 2.76. The Kier molecular flexibility index (Phi) is 3.38. The van der Waals surface area contributed by atoms with Crippen LogP contribution >= 0.6 is 0 Å². The molecule has 2 fully saturated rings. The van der Waals surface area contributed by atoms with E-state index < -0.39 is 0 Å². The molecule has 2 heterocycles. The van der Waals surface area contributed by atoms with Crippen molar-refractivity contribution in [1.82, 2.24) is 9.80 Å². The molecule has 0 saturated carbocycles. The first-order chi connectivity index (χ1) is 6.85. The highest BCUT2D eigenvalue weighted by Gasteiger charge is 2.35. The molecule has 0 radical (unpaired) electrons. The Labute approximate surface area is 85.7 Å². The maximum Gasteiger partial charge on any atom is 0.0599 e. The number of fused-ring (bicyclic) bond motifs is 1. The Bertz CT molecular complexity index is 188. The van der Waals surface area contributed by atoms with Gasteiger partial charge in [0.1, 0.15) is 0 Å². The lowest BCUT2D eigenvalue weighted by atomic mass is 10.1. The van der Waals surface area contributed by atoms with Crippen molar-refractivity contribution in [3.05, 3.63) is 0 Å². The second-order valence-corrected chi connectivity index (χ2v) is 4.41. The summed E-state index contributed by atoms with van der Waals surface area (Å²) < 4.78 is 0. The van der Waals surface area contributed by atoms with Crippen LogP contribution in [0.2, 0.25) is 0 Å². The van der Waals surface area contributed by atoms with E-state index in [1.165, 1.54) is 19.4 Å². The largest absolute Gasteiger partial charge is 0.395 e. The van der Waals surface area contributed by atoms with Crippen LogP contribution in [-0.4, -0.2) is 66.3 Å². The Morgan fingerprint density at radius 2 is 2.21 bits per heavy atom. The molecule has 2 aliphatic rings. The van der Waals surface area contributed by atoms with Gasteiger partial charge in [-0.1, -0.05) is 0 Å². The number of hydrogen-bond donors (Lipinski definition) is 2. The van der Waals surface area contributed by atoms with Crippen molar-refractivity contribution in [1.29, 1.82) is 0 Å². The first-order valence-electron chi connectivity index (χ1n) is 5.64. The van der Waals surface area contributed by atoms with Crippen molar-refractivity contribution in [2.45, 2.75) is 24.9 Å². The zero-order valence-corrected chi connectivity index (χ0v) is 8.73. The molecule has 0 bridgehead atoms. The molecule has 14 heavy (non-hydrogen) atoms. The topological polar surface area (TPSA) is 52.7 Å². The van der Waals surface area contributed by atoms with E-state index in [0.717, 1.165) is 25.7 Å². The van der Waals surface area contributed by atoms with Crippen LogP contribution in [0, 0.1) is 0 Å². The Balaban J connectivity index is 1.95. The van der Waals surface area contributed by atoms with Gasteiger partial charge in [-0.25, -0.2) is 0 Å². The van der Waals surface area contributed by atoms with Gasteiger partial charge in [0.15, 0.2) is 0 Å². The van der Waals surface area contributed by atoms with Crippen LogP contribution in [0.1, 0.15) is 12.8 Å². The van der Waals surface area contributed by atoms with Crippen LogP contribution in [0.15, 0.2) is 0 Å². The fraction of sp³-hybridized carbons (Fsp3) is 1.00. The molecular formula is C10H21N3O. The molecule has 2 atom stereocenters. The van der Waals surface area contributed by atoms with E-state index in [2.05, 4.69) is 9.80 Å². The Hall–Kier alpha value is -0.160. The molecule has 0 amide bonds. The summed E-state index contributed by atoms with van der Waals surface area (Å²) in [5.41, 5.74) is 5.58. The van der Waals surface area contributed by atoms with E-state index in [-0.39, 0.29) is 6.61 Å². The van der Waals surface area contributed by atoms with Crippen molar-refractivity contribution in [3.8, 4) is 0 Å². The maximum atomic E-state index is 9.30. The second-order valence-electron chi connectivity index (χ2n) is 4.41. The van der Waals surface area contributed by atoms with Gasteiger partial charge in [0.05, 0.1) is 6.61 Å². The molecule has 2 saturated heterocycles. The van der Waals surface area contributed by atoms with Crippen LogP contribution < -0.4 is 5.73 Å². The van der Waals surface area contributed by atoms with Crippen molar-refractivity contribution >= 4 is 0 Å². The van der Waals surface area contributed by atoms with E-state index in [4.69, 9.17) is 5.73 Å². The number of nitrogens with two attached hydrogens (primary N) is 1. The molecule has 82 valence electrons. The molecule has 0 aromatic heterocycles. The monoisotopic (exact) mass is 199 g/mol. The van der Waals surface area contributed by atoms with Crippen LogP contribution in [0.25, 0.3) is 0 Å². The van der Waals surface area contributed by atoms with Gasteiger partial charge in [0.2, 0.25) is 0 Å². The van der Waals surface area contributed by atoms with Gasteiger partial charge in [0.25, 0.3) is 0 Å². The summed E-state index contributed by atoms with van der Waals surface area (Å²) >= 11 is 0. The normalized spacial score (nSPS) is 34.7. The third kappa shape index (κ3) is 1.93. The SMILES string of the molecule is NCCN1CC2CCCN2CC1CO. The van der Waals surface area contributed by atoms with Crippen LogP contribution in [0.3, 0.4) is 0 Å². The molecular weight excluding hydrogens is 178 g/mol. The number of rotatable bonds is 3. The minimum Gasteiger partial charge on any atom is -0.395 e. The standard InChI is InChI=1S/C10H21N3O/c11-3-5-13-6-9-2-1-4-12(9)7-10(13)8-14/h9-10,14H,1-8,11H2. The molecule has 0 aliphatic carbocycles. The van der Waals surface area contributed by atoms with Crippen LogP contribution in [0.4, 0.5) is 0 Å². The highest BCUT2D eigenvalue weighted by molar-refractivity contribution is 4.91. The predicted molar refractivity (Wildman–Crippen MR) is 56.1 cm³/mol. The summed E-state index contributed by atoms with van der Waals surface area (Å²) in [6, 6.07) is 1.04. The number of aliphatic hydroxyl groups excluding tert-OH is 1. The molecule has 4 nitrogen and oxygen atoms in total. The minimum absolute atomic E-state index is 0.267. The van der Waals surface area contributed by atoms with Gasteiger partial charge in [0, 0.05) is 38.3 Å². The van der Waals surface area contributed by atoms with E-state index in [0.29, 0.717) is 12.6 Å². The van der Waals surface area contributed by atoms with Gasteiger partial charge >= 0.3 is 0 Å². The van der Waals surface area contributed by atoms with E-state index >= 15 is 0 Å². The van der Waals surface area contributed by atoms with Crippen molar-refractivity contribution in [2.75, 3.05) is 39.3 Å². The third-order valence-electron chi connectivity index (χ3n) is 3.53. The lowest BCUT2D eigenvalue weighted by molar-refractivity contribution is 0.0240.